The fraction of sp³-hybridized carbons (Fsp3) is 0.333. The lowest BCUT2D eigenvalue weighted by atomic mass is 9.93. The monoisotopic (exact) mass is 497 g/mol. The van der Waals surface area contributed by atoms with Gasteiger partial charge in [0.1, 0.15) is 12.4 Å². The van der Waals surface area contributed by atoms with Gasteiger partial charge in [0.25, 0.3) is 0 Å². The predicted molar refractivity (Wildman–Crippen MR) is 127 cm³/mol. The number of carboxylic acid groups (broad SMARTS) is 1. The van der Waals surface area contributed by atoms with Crippen LogP contribution < -0.4 is 16.2 Å². The summed E-state index contributed by atoms with van der Waals surface area (Å²) in [5.41, 5.74) is 10.3. The van der Waals surface area contributed by atoms with Crippen LogP contribution >= 0.6 is 11.6 Å². The van der Waals surface area contributed by atoms with Crippen LogP contribution in [0.3, 0.4) is 0 Å². The van der Waals surface area contributed by atoms with Gasteiger partial charge >= 0.3 is 12.3 Å². The van der Waals surface area contributed by atoms with Crippen molar-refractivity contribution in [2.45, 2.75) is 38.9 Å². The highest BCUT2D eigenvalue weighted by atomic mass is 35.5. The molecular weight excluding hydrogens is 471 g/mol. The minimum absolute atomic E-state index is 0.00963. The lowest BCUT2D eigenvalue weighted by molar-refractivity contribution is -0.139. The number of fused-ring (bicyclic) bond motifs is 1. The molecule has 0 aliphatic carbocycles. The van der Waals surface area contributed by atoms with Crippen molar-refractivity contribution in [2.75, 3.05) is 6.61 Å². The highest BCUT2D eigenvalue weighted by Crippen LogP contribution is 2.40. The summed E-state index contributed by atoms with van der Waals surface area (Å²) in [5, 5.41) is 8.42. The Morgan fingerprint density at radius 3 is 2.41 bits per heavy atom. The number of alkyl halides is 3. The highest BCUT2D eigenvalue weighted by Gasteiger charge is 2.35. The van der Waals surface area contributed by atoms with Gasteiger partial charge in [0.2, 0.25) is 0 Å². The number of primary amides is 1. The molecule has 3 aromatic rings. The number of nitrogens with two attached hydrogens (primary N) is 2. The van der Waals surface area contributed by atoms with Crippen molar-refractivity contribution in [1.29, 1.82) is 0 Å². The molecule has 184 valence electrons. The van der Waals surface area contributed by atoms with E-state index in [1.807, 2.05) is 13.8 Å². The molecule has 0 saturated carbocycles. The molecule has 1 aromatic heterocycles. The Kier molecular flexibility index (Phi) is 8.74. The van der Waals surface area contributed by atoms with Crippen LogP contribution in [0.25, 0.3) is 22.0 Å². The average molecular weight is 498 g/mol. The molecular formula is C24H27ClF3N3O3. The number of amides is 1. The standard InChI is InChI=1S/C23H24ClF3N2O.CH3NO2/c1-14(2)12-22(3,28)13-30-21-7-4-15(10-19(21)23(25,26)27)17-8-9-29-20-11-16(24)5-6-18(17)20;2-1(3)4/h4-11,14H,12-13,28H2,1-3H3;2H2,(H,3,4)/t22-;/m0./s1. The third-order valence-corrected chi connectivity index (χ3v) is 4.97. The van der Waals surface area contributed by atoms with Gasteiger partial charge in [0.15, 0.2) is 0 Å². The number of hydrogen-bond donors (Lipinski definition) is 3. The summed E-state index contributed by atoms with van der Waals surface area (Å²) < 4.78 is 46.9. The summed E-state index contributed by atoms with van der Waals surface area (Å²) in [5.74, 6) is 0.0784. The SMILES string of the molecule is CC(C)C[C@](C)(N)COc1ccc(-c2ccnc3cc(Cl)ccc23)cc1C(F)(F)F.NC(=O)O. The molecule has 0 spiro atoms. The van der Waals surface area contributed by atoms with Crippen molar-refractivity contribution in [3.8, 4) is 16.9 Å². The molecule has 5 N–H and O–H groups in total. The quantitative estimate of drug-likeness (QED) is 0.368. The molecule has 34 heavy (non-hydrogen) atoms. The van der Waals surface area contributed by atoms with Crippen molar-refractivity contribution in [1.82, 2.24) is 4.98 Å². The largest absolute Gasteiger partial charge is 0.491 e. The van der Waals surface area contributed by atoms with E-state index in [9.17, 15) is 13.2 Å². The second-order valence-electron chi connectivity index (χ2n) is 8.61. The maximum Gasteiger partial charge on any atom is 0.419 e. The van der Waals surface area contributed by atoms with Crippen molar-refractivity contribution >= 4 is 28.6 Å². The van der Waals surface area contributed by atoms with Gasteiger partial charge in [0.05, 0.1) is 11.1 Å². The number of hydrogen-bond acceptors (Lipinski definition) is 4. The van der Waals surface area contributed by atoms with Crippen LogP contribution in [-0.2, 0) is 6.18 Å². The molecule has 3 rings (SSSR count). The van der Waals surface area contributed by atoms with Crippen LogP contribution in [0.2, 0.25) is 5.02 Å². The molecule has 1 heterocycles. The fourth-order valence-electron chi connectivity index (χ4n) is 3.65. The van der Waals surface area contributed by atoms with E-state index in [2.05, 4.69) is 10.7 Å². The first-order valence-corrected chi connectivity index (χ1v) is 10.7. The number of ether oxygens (including phenoxy) is 1. The van der Waals surface area contributed by atoms with Gasteiger partial charge < -0.3 is 21.3 Å². The molecule has 6 nitrogen and oxygen atoms in total. The molecule has 0 saturated heterocycles. The van der Waals surface area contributed by atoms with Gasteiger partial charge in [-0.05, 0) is 60.7 Å². The summed E-state index contributed by atoms with van der Waals surface area (Å²) in [6.07, 6.45) is -3.71. The molecule has 0 bridgehead atoms. The first-order chi connectivity index (χ1) is 15.7. The van der Waals surface area contributed by atoms with E-state index in [0.29, 0.717) is 34.0 Å². The first-order valence-electron chi connectivity index (χ1n) is 10.4. The summed E-state index contributed by atoms with van der Waals surface area (Å²) in [4.78, 5) is 13.0. The predicted octanol–water partition coefficient (Wildman–Crippen LogP) is 6.34. The molecule has 10 heteroatoms. The number of carbonyl (C=O) groups is 1. The van der Waals surface area contributed by atoms with E-state index in [1.54, 1.807) is 43.5 Å². The summed E-state index contributed by atoms with van der Waals surface area (Å²) >= 11 is 6.01. The zero-order valence-electron chi connectivity index (χ0n) is 19.0. The van der Waals surface area contributed by atoms with Crippen LogP contribution in [0.15, 0.2) is 48.7 Å². The minimum atomic E-state index is -4.57. The van der Waals surface area contributed by atoms with Gasteiger partial charge in [-0.2, -0.15) is 13.2 Å². The summed E-state index contributed by atoms with van der Waals surface area (Å²) in [6.45, 7) is 5.79. The Morgan fingerprint density at radius 1 is 1.18 bits per heavy atom. The van der Waals surface area contributed by atoms with Crippen molar-refractivity contribution < 1.29 is 27.8 Å². The van der Waals surface area contributed by atoms with E-state index >= 15 is 0 Å². The van der Waals surface area contributed by atoms with Gasteiger partial charge in [-0.25, -0.2) is 4.79 Å². The molecule has 2 aromatic carbocycles. The van der Waals surface area contributed by atoms with Gasteiger partial charge in [-0.1, -0.05) is 37.6 Å². The molecule has 0 aliphatic rings. The Bertz CT molecular complexity index is 1150. The van der Waals surface area contributed by atoms with Crippen LogP contribution in [0.1, 0.15) is 32.8 Å². The number of halogens is 4. The Balaban J connectivity index is 0.000000945. The second-order valence-corrected chi connectivity index (χ2v) is 9.04. The Hall–Kier alpha value is -3.04. The van der Waals surface area contributed by atoms with E-state index in [1.165, 1.54) is 6.07 Å². The molecule has 0 fully saturated rings. The molecule has 0 aliphatic heterocycles. The molecule has 1 amide bonds. The summed E-state index contributed by atoms with van der Waals surface area (Å²) in [6, 6.07) is 10.9. The zero-order valence-corrected chi connectivity index (χ0v) is 19.7. The van der Waals surface area contributed by atoms with Crippen LogP contribution in [0.4, 0.5) is 18.0 Å². The number of rotatable bonds is 6. The highest BCUT2D eigenvalue weighted by molar-refractivity contribution is 6.31. The van der Waals surface area contributed by atoms with Crippen molar-refractivity contribution in [3.63, 3.8) is 0 Å². The van der Waals surface area contributed by atoms with Crippen molar-refractivity contribution in [3.05, 3.63) is 59.2 Å². The van der Waals surface area contributed by atoms with E-state index in [4.69, 9.17) is 32.0 Å². The van der Waals surface area contributed by atoms with Gasteiger partial charge in [-0.15, -0.1) is 0 Å². The first kappa shape index (κ1) is 27.2. The van der Waals surface area contributed by atoms with Crippen molar-refractivity contribution in [2.24, 2.45) is 17.4 Å². The van der Waals surface area contributed by atoms with Gasteiger partial charge in [0, 0.05) is 22.1 Å². The molecule has 0 unspecified atom stereocenters. The number of aromatic nitrogens is 1. The lowest BCUT2D eigenvalue weighted by Crippen LogP contribution is -2.43. The number of pyridine rings is 1. The van der Waals surface area contributed by atoms with E-state index < -0.39 is 23.4 Å². The van der Waals surface area contributed by atoms with Crippen LogP contribution in [0, 0.1) is 5.92 Å². The Labute approximate surface area is 200 Å². The fourth-order valence-corrected chi connectivity index (χ4v) is 3.82. The maximum absolute atomic E-state index is 13.8. The lowest BCUT2D eigenvalue weighted by Gasteiger charge is -2.27. The zero-order chi connectivity index (χ0) is 25.7. The van der Waals surface area contributed by atoms with E-state index in [-0.39, 0.29) is 12.4 Å². The average Bonchev–Trinajstić information content (AvgIpc) is 2.69. The normalized spacial score (nSPS) is 13.2. The van der Waals surface area contributed by atoms with Crippen LogP contribution in [0.5, 0.6) is 5.75 Å². The van der Waals surface area contributed by atoms with Crippen LogP contribution in [-0.4, -0.2) is 28.3 Å². The second kappa shape index (κ2) is 10.9. The van der Waals surface area contributed by atoms with Gasteiger partial charge in [-0.3, -0.25) is 4.98 Å². The molecule has 0 radical (unpaired) electrons. The topological polar surface area (TPSA) is 111 Å². The third kappa shape index (κ3) is 7.78. The maximum atomic E-state index is 13.8. The number of benzene rings is 2. The smallest absolute Gasteiger partial charge is 0.419 e. The minimum Gasteiger partial charge on any atom is -0.491 e. The van der Waals surface area contributed by atoms with E-state index in [0.717, 1.165) is 11.5 Å². The Morgan fingerprint density at radius 2 is 1.82 bits per heavy atom. The third-order valence-electron chi connectivity index (χ3n) is 4.73. The number of nitrogens with zero attached hydrogens (tertiary/aromatic N) is 1. The summed E-state index contributed by atoms with van der Waals surface area (Å²) in [7, 11) is 0. The molecule has 1 atom stereocenters.